The first-order chi connectivity index (χ1) is 10.1. The third-order valence-corrected chi connectivity index (χ3v) is 4.30. The Morgan fingerprint density at radius 1 is 1.38 bits per heavy atom. The Kier molecular flexibility index (Phi) is 3.72. The summed E-state index contributed by atoms with van der Waals surface area (Å²) in [6, 6.07) is 11.3. The van der Waals surface area contributed by atoms with E-state index >= 15 is 0 Å². The number of para-hydroxylation sites is 1. The second kappa shape index (κ2) is 5.67. The Hall–Kier alpha value is -2.18. The molecular formula is C15H15N3O2S. The van der Waals surface area contributed by atoms with Crippen molar-refractivity contribution in [2.24, 2.45) is 7.05 Å². The molecule has 3 aromatic rings. The molecule has 1 aromatic carbocycles. The lowest BCUT2D eigenvalue weighted by Gasteiger charge is -2.12. The summed E-state index contributed by atoms with van der Waals surface area (Å²) in [5.41, 5.74) is 1.58. The van der Waals surface area contributed by atoms with Crippen molar-refractivity contribution in [3.63, 3.8) is 0 Å². The lowest BCUT2D eigenvalue weighted by Crippen LogP contribution is -2.28. The fraction of sp³-hybridized carbons (Fsp3) is 0.200. The van der Waals surface area contributed by atoms with Crippen LogP contribution in [0.15, 0.2) is 42.6 Å². The Labute approximate surface area is 125 Å². The van der Waals surface area contributed by atoms with Gasteiger partial charge in [-0.05, 0) is 24.3 Å². The van der Waals surface area contributed by atoms with E-state index in [-0.39, 0.29) is 12.5 Å². The zero-order chi connectivity index (χ0) is 14.8. The van der Waals surface area contributed by atoms with Gasteiger partial charge in [0.25, 0.3) is 5.91 Å². The summed E-state index contributed by atoms with van der Waals surface area (Å²) in [4.78, 5) is 16.4. The van der Waals surface area contributed by atoms with Crippen molar-refractivity contribution in [1.29, 1.82) is 0 Å². The third-order valence-electron chi connectivity index (χ3n) is 3.27. The van der Waals surface area contributed by atoms with Crippen LogP contribution in [0.4, 0.5) is 0 Å². The van der Waals surface area contributed by atoms with Crippen LogP contribution in [0.25, 0.3) is 10.2 Å². The van der Waals surface area contributed by atoms with Gasteiger partial charge in [0.2, 0.25) is 0 Å². The molecule has 1 atom stereocenters. The molecule has 0 saturated heterocycles. The number of nitrogens with zero attached hydrogens (tertiary/aromatic N) is 2. The van der Waals surface area contributed by atoms with E-state index in [9.17, 15) is 9.90 Å². The smallest absolute Gasteiger partial charge is 0.280 e. The highest BCUT2D eigenvalue weighted by Gasteiger charge is 2.15. The molecule has 0 fully saturated rings. The number of aliphatic hydroxyl groups excluding tert-OH is 1. The van der Waals surface area contributed by atoms with Crippen molar-refractivity contribution in [2.75, 3.05) is 6.54 Å². The Morgan fingerprint density at radius 3 is 2.90 bits per heavy atom. The molecule has 21 heavy (non-hydrogen) atoms. The van der Waals surface area contributed by atoms with Gasteiger partial charge in [0.15, 0.2) is 5.01 Å². The molecule has 108 valence electrons. The molecule has 1 amide bonds. The molecule has 2 N–H and O–H groups in total. The third kappa shape index (κ3) is 2.81. The maximum atomic E-state index is 12.1. The van der Waals surface area contributed by atoms with Gasteiger partial charge in [0, 0.05) is 25.5 Å². The molecule has 5 nitrogen and oxygen atoms in total. The minimum Gasteiger partial charge on any atom is -0.385 e. The number of carbonyl (C=O) groups is 1. The first-order valence-electron chi connectivity index (χ1n) is 6.58. The van der Waals surface area contributed by atoms with Crippen molar-refractivity contribution in [2.45, 2.75) is 6.10 Å². The highest BCUT2D eigenvalue weighted by molar-refractivity contribution is 7.20. The summed E-state index contributed by atoms with van der Waals surface area (Å²) in [7, 11) is 1.86. The average Bonchev–Trinajstić information content (AvgIpc) is 3.10. The minimum absolute atomic E-state index is 0.159. The predicted octanol–water partition coefficient (Wildman–Crippen LogP) is 2.10. The van der Waals surface area contributed by atoms with E-state index in [0.717, 1.165) is 15.9 Å². The second-order valence-electron chi connectivity index (χ2n) is 4.76. The summed E-state index contributed by atoms with van der Waals surface area (Å²) < 4.78 is 2.81. The SMILES string of the molecule is Cn1cccc1C(O)CNC(=O)c1nc2ccccc2s1. The normalized spacial score (nSPS) is 12.5. The van der Waals surface area contributed by atoms with E-state index in [4.69, 9.17) is 0 Å². The van der Waals surface area contributed by atoms with Gasteiger partial charge in [0.05, 0.1) is 10.2 Å². The maximum absolute atomic E-state index is 12.1. The second-order valence-corrected chi connectivity index (χ2v) is 5.79. The van der Waals surface area contributed by atoms with E-state index in [2.05, 4.69) is 10.3 Å². The summed E-state index contributed by atoms with van der Waals surface area (Å²) in [6.07, 6.45) is 1.12. The lowest BCUT2D eigenvalue weighted by molar-refractivity contribution is 0.0912. The van der Waals surface area contributed by atoms with Crippen molar-refractivity contribution < 1.29 is 9.90 Å². The van der Waals surface area contributed by atoms with E-state index in [1.165, 1.54) is 11.3 Å². The molecular weight excluding hydrogens is 286 g/mol. The summed E-state index contributed by atoms with van der Waals surface area (Å²) in [5, 5.41) is 13.2. The molecule has 0 radical (unpaired) electrons. The number of aromatic nitrogens is 2. The largest absolute Gasteiger partial charge is 0.385 e. The molecule has 2 aromatic heterocycles. The van der Waals surface area contributed by atoms with Crippen molar-refractivity contribution in [1.82, 2.24) is 14.9 Å². The first kappa shape index (κ1) is 13.8. The van der Waals surface area contributed by atoms with Crippen LogP contribution in [0, 0.1) is 0 Å². The summed E-state index contributed by atoms with van der Waals surface area (Å²) in [5.74, 6) is -0.260. The summed E-state index contributed by atoms with van der Waals surface area (Å²) >= 11 is 1.35. The van der Waals surface area contributed by atoms with Gasteiger partial charge in [-0.25, -0.2) is 4.98 Å². The standard InChI is InChI=1S/C15H15N3O2S/c1-18-8-4-6-11(18)12(19)9-16-14(20)15-17-10-5-2-3-7-13(10)21-15/h2-8,12,19H,9H2,1H3,(H,16,20). The zero-order valence-electron chi connectivity index (χ0n) is 11.5. The number of rotatable bonds is 4. The number of hydrogen-bond donors (Lipinski definition) is 2. The number of benzene rings is 1. The van der Waals surface area contributed by atoms with Crippen molar-refractivity contribution >= 4 is 27.5 Å². The molecule has 6 heteroatoms. The van der Waals surface area contributed by atoms with Crippen LogP contribution < -0.4 is 5.32 Å². The number of aryl methyl sites for hydroxylation is 1. The number of carbonyl (C=O) groups excluding carboxylic acids is 1. The molecule has 0 spiro atoms. The van der Waals surface area contributed by atoms with Gasteiger partial charge in [-0.3, -0.25) is 4.79 Å². The van der Waals surface area contributed by atoms with Crippen LogP contribution in [-0.2, 0) is 7.05 Å². The molecule has 0 aliphatic carbocycles. The van der Waals surface area contributed by atoms with Crippen molar-refractivity contribution in [3.8, 4) is 0 Å². The van der Waals surface area contributed by atoms with Crippen molar-refractivity contribution in [3.05, 3.63) is 53.3 Å². The number of thiazole rings is 1. The Bertz CT molecular complexity index is 745. The van der Waals surface area contributed by atoms with Gasteiger partial charge in [-0.2, -0.15) is 0 Å². The maximum Gasteiger partial charge on any atom is 0.280 e. The zero-order valence-corrected chi connectivity index (χ0v) is 12.3. The van der Waals surface area contributed by atoms with Gasteiger partial charge in [0.1, 0.15) is 6.10 Å². The van der Waals surface area contributed by atoms with Crippen LogP contribution >= 0.6 is 11.3 Å². The minimum atomic E-state index is -0.733. The number of amides is 1. The van der Waals surface area contributed by atoms with Crippen LogP contribution in [-0.4, -0.2) is 27.1 Å². The fourth-order valence-electron chi connectivity index (χ4n) is 2.16. The monoisotopic (exact) mass is 301 g/mol. The van der Waals surface area contributed by atoms with Crippen LogP contribution in [0.1, 0.15) is 21.6 Å². The lowest BCUT2D eigenvalue weighted by atomic mass is 10.2. The molecule has 0 saturated carbocycles. The molecule has 2 heterocycles. The van der Waals surface area contributed by atoms with E-state index in [1.54, 1.807) is 0 Å². The molecule has 0 bridgehead atoms. The van der Waals surface area contributed by atoms with Crippen LogP contribution in [0.5, 0.6) is 0 Å². The molecule has 3 rings (SSSR count). The highest BCUT2D eigenvalue weighted by Crippen LogP contribution is 2.21. The fourth-order valence-corrected chi connectivity index (χ4v) is 3.04. The number of aliphatic hydroxyl groups is 1. The van der Waals surface area contributed by atoms with E-state index in [1.807, 2.05) is 54.2 Å². The van der Waals surface area contributed by atoms with E-state index < -0.39 is 6.10 Å². The molecule has 0 aliphatic rings. The summed E-state index contributed by atoms with van der Waals surface area (Å²) in [6.45, 7) is 0.159. The Morgan fingerprint density at radius 2 is 2.19 bits per heavy atom. The number of nitrogens with one attached hydrogen (secondary N) is 1. The number of hydrogen-bond acceptors (Lipinski definition) is 4. The predicted molar refractivity (Wildman–Crippen MR) is 82.3 cm³/mol. The topological polar surface area (TPSA) is 67.2 Å². The Balaban J connectivity index is 1.67. The highest BCUT2D eigenvalue weighted by atomic mass is 32.1. The van der Waals surface area contributed by atoms with Gasteiger partial charge in [-0.15, -0.1) is 11.3 Å². The molecule has 0 aliphatic heterocycles. The van der Waals surface area contributed by atoms with Gasteiger partial charge < -0.3 is 15.0 Å². The molecule has 1 unspecified atom stereocenters. The average molecular weight is 301 g/mol. The van der Waals surface area contributed by atoms with Crippen LogP contribution in [0.3, 0.4) is 0 Å². The van der Waals surface area contributed by atoms with E-state index in [0.29, 0.717) is 5.01 Å². The first-order valence-corrected chi connectivity index (χ1v) is 7.40. The quantitative estimate of drug-likeness (QED) is 0.775. The van der Waals surface area contributed by atoms with Gasteiger partial charge in [-0.1, -0.05) is 12.1 Å². The van der Waals surface area contributed by atoms with Gasteiger partial charge >= 0.3 is 0 Å². The van der Waals surface area contributed by atoms with Crippen LogP contribution in [0.2, 0.25) is 0 Å². The number of fused-ring (bicyclic) bond motifs is 1.